The second-order valence-corrected chi connectivity index (χ2v) is 9.79. The number of likely N-dealkylation sites (N-methyl/N-ethyl adjacent to an activating group) is 1. The Morgan fingerprint density at radius 3 is 2.39 bits per heavy atom. The molecule has 0 fully saturated rings. The minimum absolute atomic E-state index is 0.0666. The molecule has 2 atom stereocenters. The Hall–Kier alpha value is -2.09. The van der Waals surface area contributed by atoms with Gasteiger partial charge in [0.15, 0.2) is 16.4 Å². The van der Waals surface area contributed by atoms with E-state index in [2.05, 4.69) is 24.3 Å². The van der Waals surface area contributed by atoms with Crippen molar-refractivity contribution >= 4 is 33.2 Å². The summed E-state index contributed by atoms with van der Waals surface area (Å²) < 4.78 is 23.8. The van der Waals surface area contributed by atoms with Crippen molar-refractivity contribution in [2.75, 3.05) is 30.5 Å². The van der Waals surface area contributed by atoms with Crippen LogP contribution in [-0.4, -0.2) is 46.0 Å². The Morgan fingerprint density at radius 2 is 1.82 bits per heavy atom. The first-order valence-corrected chi connectivity index (χ1v) is 12.0. The second kappa shape index (κ2) is 8.94. The van der Waals surface area contributed by atoms with Crippen LogP contribution in [0, 0.1) is 0 Å². The summed E-state index contributed by atoms with van der Waals surface area (Å²) in [6.07, 6.45) is 3.65. The highest BCUT2D eigenvalue weighted by Crippen LogP contribution is 2.22. The maximum absolute atomic E-state index is 13.1. The summed E-state index contributed by atoms with van der Waals surface area (Å²) in [5.74, 6) is -0.154. The predicted molar refractivity (Wildman–Crippen MR) is 114 cm³/mol. The number of anilines is 1. The maximum Gasteiger partial charge on any atom is 0.282 e. The van der Waals surface area contributed by atoms with Crippen molar-refractivity contribution in [2.24, 2.45) is 0 Å². The van der Waals surface area contributed by atoms with E-state index in [4.69, 9.17) is 0 Å². The van der Waals surface area contributed by atoms with E-state index in [0.717, 1.165) is 22.7 Å². The van der Waals surface area contributed by atoms with E-state index < -0.39 is 15.9 Å². The molecule has 0 bridgehead atoms. The zero-order valence-corrected chi connectivity index (χ0v) is 17.7. The van der Waals surface area contributed by atoms with Gasteiger partial charge in [-0.05, 0) is 36.6 Å². The summed E-state index contributed by atoms with van der Waals surface area (Å²) in [5.41, 5.74) is 1.88. The van der Waals surface area contributed by atoms with Gasteiger partial charge in [0.1, 0.15) is 6.54 Å². The summed E-state index contributed by atoms with van der Waals surface area (Å²) in [5, 5.41) is 1.21. The first-order chi connectivity index (χ1) is 13.4. The van der Waals surface area contributed by atoms with E-state index in [1.807, 2.05) is 43.6 Å². The van der Waals surface area contributed by atoms with Crippen LogP contribution in [0.15, 0.2) is 71.0 Å². The molecule has 5 nitrogen and oxygen atoms in total. The third-order valence-corrected chi connectivity index (χ3v) is 6.79. The SMILES string of the molecule is CSc1ccc(C[NH+](C)CC(=O)N(c2ccccc2)[C@@H]2C=CS(=O)(=O)C2)cc1. The van der Waals surface area contributed by atoms with E-state index in [0.29, 0.717) is 0 Å². The summed E-state index contributed by atoms with van der Waals surface area (Å²) in [7, 11) is -1.27. The first kappa shape index (κ1) is 20.6. The molecule has 148 valence electrons. The summed E-state index contributed by atoms with van der Waals surface area (Å²) in [6, 6.07) is 17.1. The highest BCUT2D eigenvalue weighted by Gasteiger charge is 2.32. The Kier molecular flexibility index (Phi) is 6.59. The molecular weight excluding hydrogens is 392 g/mol. The fourth-order valence-electron chi connectivity index (χ4n) is 3.33. The van der Waals surface area contributed by atoms with Crippen molar-refractivity contribution < 1.29 is 18.1 Å². The number of rotatable bonds is 7. The van der Waals surface area contributed by atoms with Gasteiger partial charge in [-0.1, -0.05) is 30.3 Å². The minimum Gasteiger partial charge on any atom is -0.326 e. The fourth-order valence-corrected chi connectivity index (χ4v) is 5.00. The molecule has 0 saturated carbocycles. The molecule has 0 aliphatic carbocycles. The van der Waals surface area contributed by atoms with E-state index in [-0.39, 0.29) is 18.2 Å². The van der Waals surface area contributed by atoms with Gasteiger partial charge in [0.05, 0.1) is 18.8 Å². The van der Waals surface area contributed by atoms with Gasteiger partial charge in [-0.15, -0.1) is 11.8 Å². The van der Waals surface area contributed by atoms with Crippen LogP contribution in [0.5, 0.6) is 0 Å². The van der Waals surface area contributed by atoms with Crippen LogP contribution in [0.1, 0.15) is 5.56 Å². The second-order valence-electron chi connectivity index (χ2n) is 6.98. The van der Waals surface area contributed by atoms with Gasteiger partial charge in [0.25, 0.3) is 5.91 Å². The van der Waals surface area contributed by atoms with Gasteiger partial charge >= 0.3 is 0 Å². The zero-order chi connectivity index (χ0) is 20.1. The van der Waals surface area contributed by atoms with E-state index in [9.17, 15) is 13.2 Å². The van der Waals surface area contributed by atoms with Crippen molar-refractivity contribution in [1.82, 2.24) is 0 Å². The average molecular weight is 418 g/mol. The van der Waals surface area contributed by atoms with Crippen LogP contribution >= 0.6 is 11.8 Å². The monoisotopic (exact) mass is 417 g/mol. The van der Waals surface area contributed by atoms with E-state index >= 15 is 0 Å². The van der Waals surface area contributed by atoms with Crippen LogP contribution in [0.3, 0.4) is 0 Å². The standard InChI is InChI=1S/C21H24N2O3S2/c1-22(14-17-8-10-20(27-2)11-9-17)15-21(24)23(18-6-4-3-5-7-18)19-12-13-28(25,26)16-19/h3-13,19H,14-16H2,1-2H3/p+1/t19-/m1/s1. The van der Waals surface area contributed by atoms with Crippen molar-refractivity contribution in [2.45, 2.75) is 17.5 Å². The number of para-hydroxylation sites is 1. The van der Waals surface area contributed by atoms with Crippen LogP contribution in [0.4, 0.5) is 5.69 Å². The third kappa shape index (κ3) is 5.25. The molecule has 0 radical (unpaired) electrons. The lowest BCUT2D eigenvalue weighted by Gasteiger charge is -2.28. The molecule has 2 aromatic rings. The van der Waals surface area contributed by atoms with Gasteiger partial charge in [-0.25, -0.2) is 8.42 Å². The molecule has 3 rings (SSSR count). The molecule has 2 aromatic carbocycles. The summed E-state index contributed by atoms with van der Waals surface area (Å²) >= 11 is 1.70. The number of hydrogen-bond donors (Lipinski definition) is 1. The van der Waals surface area contributed by atoms with E-state index in [1.165, 1.54) is 10.3 Å². The highest BCUT2D eigenvalue weighted by molar-refractivity contribution is 7.98. The number of sulfone groups is 1. The lowest BCUT2D eigenvalue weighted by Crippen LogP contribution is -3.09. The number of hydrogen-bond acceptors (Lipinski definition) is 4. The number of carbonyl (C=O) groups excluding carboxylic acids is 1. The van der Waals surface area contributed by atoms with Gasteiger partial charge in [-0.2, -0.15) is 0 Å². The molecule has 7 heteroatoms. The first-order valence-electron chi connectivity index (χ1n) is 9.10. The molecule has 1 heterocycles. The van der Waals surface area contributed by atoms with Crippen molar-refractivity contribution in [3.8, 4) is 0 Å². The van der Waals surface area contributed by atoms with Gasteiger partial charge in [-0.3, -0.25) is 9.69 Å². The zero-order valence-electron chi connectivity index (χ0n) is 16.0. The molecule has 28 heavy (non-hydrogen) atoms. The molecule has 1 aliphatic heterocycles. The molecule has 1 aliphatic rings. The Morgan fingerprint density at radius 1 is 1.14 bits per heavy atom. The van der Waals surface area contributed by atoms with Crippen LogP contribution in [0.25, 0.3) is 0 Å². The minimum atomic E-state index is -3.25. The van der Waals surface area contributed by atoms with Crippen molar-refractivity contribution in [1.29, 1.82) is 0 Å². The van der Waals surface area contributed by atoms with Crippen molar-refractivity contribution in [3.63, 3.8) is 0 Å². The maximum atomic E-state index is 13.1. The quantitative estimate of drug-likeness (QED) is 0.698. The number of nitrogens with one attached hydrogen (secondary N) is 1. The molecule has 0 spiro atoms. The number of benzene rings is 2. The van der Waals surface area contributed by atoms with Crippen LogP contribution in [-0.2, 0) is 21.2 Å². The summed E-state index contributed by atoms with van der Waals surface area (Å²) in [4.78, 5) is 17.0. The number of quaternary nitrogens is 1. The van der Waals surface area contributed by atoms with Crippen LogP contribution in [0.2, 0.25) is 0 Å². The lowest BCUT2D eigenvalue weighted by molar-refractivity contribution is -0.885. The third-order valence-electron chi connectivity index (χ3n) is 4.66. The topological polar surface area (TPSA) is 58.9 Å². The molecule has 0 aromatic heterocycles. The summed E-state index contributed by atoms with van der Waals surface area (Å²) in [6.45, 7) is 1.01. The number of amides is 1. The van der Waals surface area contributed by atoms with Gasteiger partial charge < -0.3 is 4.90 Å². The number of thioether (sulfide) groups is 1. The van der Waals surface area contributed by atoms with Crippen molar-refractivity contribution in [3.05, 3.63) is 71.6 Å². The Balaban J connectivity index is 1.73. The Bertz CT molecular complexity index is 941. The number of carbonyl (C=O) groups is 1. The molecular formula is C21H25N2O3S2+. The smallest absolute Gasteiger partial charge is 0.282 e. The molecule has 1 unspecified atom stereocenters. The number of nitrogens with zero attached hydrogens (tertiary/aromatic N) is 1. The highest BCUT2D eigenvalue weighted by atomic mass is 32.2. The largest absolute Gasteiger partial charge is 0.326 e. The fraction of sp³-hybridized carbons (Fsp3) is 0.286. The van der Waals surface area contributed by atoms with Gasteiger partial charge in [0, 0.05) is 21.6 Å². The molecule has 1 N–H and O–H groups in total. The lowest BCUT2D eigenvalue weighted by atomic mass is 10.2. The molecule has 1 amide bonds. The predicted octanol–water partition coefficient (Wildman–Crippen LogP) is 1.77. The normalized spacial score (nSPS) is 18.7. The average Bonchev–Trinajstić information content (AvgIpc) is 3.02. The molecule has 0 saturated heterocycles. The van der Waals surface area contributed by atoms with E-state index in [1.54, 1.807) is 22.7 Å². The Labute approximate surface area is 171 Å². The van der Waals surface area contributed by atoms with Crippen LogP contribution < -0.4 is 9.80 Å². The van der Waals surface area contributed by atoms with Gasteiger partial charge in [0.2, 0.25) is 0 Å².